The first kappa shape index (κ1) is 11.7. The Morgan fingerprint density at radius 2 is 2.29 bits per heavy atom. The molecule has 76 valence electrons. The lowest BCUT2D eigenvalue weighted by atomic mass is 10.2. The van der Waals surface area contributed by atoms with Gasteiger partial charge in [-0.3, -0.25) is 0 Å². The molecule has 0 saturated carbocycles. The van der Waals surface area contributed by atoms with Crippen molar-refractivity contribution in [2.45, 2.75) is 24.3 Å². The summed E-state index contributed by atoms with van der Waals surface area (Å²) in [4.78, 5) is 4.24. The number of unbranched alkanes of at least 4 members (excludes halogenated alkanes) is 2. The Labute approximate surface area is 93.8 Å². The zero-order chi connectivity index (χ0) is 10.1. The van der Waals surface area contributed by atoms with Gasteiger partial charge in [0.15, 0.2) is 0 Å². The summed E-state index contributed by atoms with van der Waals surface area (Å²) in [6.45, 7) is 3.70. The highest BCUT2D eigenvalue weighted by Crippen LogP contribution is 2.29. The fourth-order valence-corrected chi connectivity index (χ4v) is 2.97. The standard InChI is InChI=1S/C11H15NS2/c1-2-3-4-7-10-13-14-11-8-5-6-9-12-11/h2,5-6,8-9H,1,3-4,7,10H2. The smallest absolute Gasteiger partial charge is 0.106 e. The van der Waals surface area contributed by atoms with Crippen LogP contribution in [0.3, 0.4) is 0 Å². The van der Waals surface area contributed by atoms with Gasteiger partial charge in [0.1, 0.15) is 5.03 Å². The van der Waals surface area contributed by atoms with Crippen molar-refractivity contribution in [3.8, 4) is 0 Å². The average Bonchev–Trinajstić information content (AvgIpc) is 2.25. The molecule has 1 rings (SSSR count). The third kappa shape index (κ3) is 5.35. The average molecular weight is 225 g/mol. The SMILES string of the molecule is C=CCCCCSSc1ccccn1. The monoisotopic (exact) mass is 225 g/mol. The van der Waals surface area contributed by atoms with Crippen molar-refractivity contribution < 1.29 is 0 Å². The molecule has 1 nitrogen and oxygen atoms in total. The van der Waals surface area contributed by atoms with Gasteiger partial charge in [-0.15, -0.1) is 6.58 Å². The molecule has 0 aromatic carbocycles. The Kier molecular flexibility index (Phi) is 6.62. The molecule has 0 aliphatic carbocycles. The fourth-order valence-electron chi connectivity index (χ4n) is 0.948. The van der Waals surface area contributed by atoms with E-state index < -0.39 is 0 Å². The highest BCUT2D eigenvalue weighted by atomic mass is 33.1. The number of pyridine rings is 1. The largest absolute Gasteiger partial charge is 0.249 e. The van der Waals surface area contributed by atoms with Crippen molar-refractivity contribution in [3.05, 3.63) is 37.1 Å². The summed E-state index contributed by atoms with van der Waals surface area (Å²) in [5.41, 5.74) is 0. The van der Waals surface area contributed by atoms with Crippen LogP contribution in [0.1, 0.15) is 19.3 Å². The highest BCUT2D eigenvalue weighted by Gasteiger charge is 1.94. The lowest BCUT2D eigenvalue weighted by molar-refractivity contribution is 0.825. The van der Waals surface area contributed by atoms with Crippen LogP contribution in [0.15, 0.2) is 42.1 Å². The summed E-state index contributed by atoms with van der Waals surface area (Å²) >= 11 is 0. The topological polar surface area (TPSA) is 12.9 Å². The van der Waals surface area contributed by atoms with E-state index in [1.165, 1.54) is 18.6 Å². The van der Waals surface area contributed by atoms with E-state index in [-0.39, 0.29) is 0 Å². The number of nitrogens with zero attached hydrogens (tertiary/aromatic N) is 1. The molecular weight excluding hydrogens is 210 g/mol. The van der Waals surface area contributed by atoms with Crippen LogP contribution in [0.4, 0.5) is 0 Å². The molecule has 1 aromatic heterocycles. The lowest BCUT2D eigenvalue weighted by Crippen LogP contribution is -1.78. The van der Waals surface area contributed by atoms with E-state index >= 15 is 0 Å². The van der Waals surface area contributed by atoms with Gasteiger partial charge in [-0.25, -0.2) is 4.98 Å². The van der Waals surface area contributed by atoms with Crippen molar-refractivity contribution in [3.63, 3.8) is 0 Å². The molecule has 1 aromatic rings. The molecule has 0 N–H and O–H groups in total. The van der Waals surface area contributed by atoms with Crippen molar-refractivity contribution >= 4 is 21.6 Å². The van der Waals surface area contributed by atoms with Crippen LogP contribution >= 0.6 is 21.6 Å². The van der Waals surface area contributed by atoms with Crippen molar-refractivity contribution in [2.75, 3.05) is 5.75 Å². The first-order valence-electron chi connectivity index (χ1n) is 4.75. The summed E-state index contributed by atoms with van der Waals surface area (Å²) < 4.78 is 0. The quantitative estimate of drug-likeness (QED) is 0.392. The minimum Gasteiger partial charge on any atom is -0.249 e. The van der Waals surface area contributed by atoms with Crippen LogP contribution in [0.25, 0.3) is 0 Å². The summed E-state index contributed by atoms with van der Waals surface area (Å²) in [5, 5.41) is 1.10. The summed E-state index contributed by atoms with van der Waals surface area (Å²) in [6, 6.07) is 6.01. The summed E-state index contributed by atoms with van der Waals surface area (Å²) in [7, 11) is 3.63. The molecule has 0 saturated heterocycles. The van der Waals surface area contributed by atoms with Gasteiger partial charge in [-0.1, -0.05) is 22.9 Å². The maximum atomic E-state index is 4.24. The first-order valence-corrected chi connectivity index (χ1v) is 7.07. The van der Waals surface area contributed by atoms with Gasteiger partial charge in [0.2, 0.25) is 0 Å². The van der Waals surface area contributed by atoms with Crippen LogP contribution in [0.2, 0.25) is 0 Å². The van der Waals surface area contributed by atoms with Gasteiger partial charge in [0, 0.05) is 11.9 Å². The van der Waals surface area contributed by atoms with Crippen LogP contribution < -0.4 is 0 Å². The van der Waals surface area contributed by atoms with Crippen LogP contribution in [0, 0.1) is 0 Å². The van der Waals surface area contributed by atoms with Crippen LogP contribution in [-0.4, -0.2) is 10.7 Å². The zero-order valence-corrected chi connectivity index (χ0v) is 9.82. The van der Waals surface area contributed by atoms with E-state index in [0.29, 0.717) is 0 Å². The lowest BCUT2D eigenvalue weighted by Gasteiger charge is -1.99. The second kappa shape index (κ2) is 7.94. The first-order chi connectivity index (χ1) is 6.93. The van der Waals surface area contributed by atoms with E-state index in [4.69, 9.17) is 0 Å². The molecule has 0 spiro atoms. The van der Waals surface area contributed by atoms with E-state index in [2.05, 4.69) is 11.6 Å². The molecule has 0 fully saturated rings. The van der Waals surface area contributed by atoms with Crippen molar-refractivity contribution in [1.29, 1.82) is 0 Å². The molecule has 1 heterocycles. The maximum absolute atomic E-state index is 4.24. The molecule has 0 unspecified atom stereocenters. The predicted molar refractivity (Wildman–Crippen MR) is 66.6 cm³/mol. The molecule has 0 aliphatic rings. The Bertz CT molecular complexity index is 249. The van der Waals surface area contributed by atoms with E-state index in [0.717, 1.165) is 11.4 Å². The van der Waals surface area contributed by atoms with E-state index in [1.807, 2.05) is 41.3 Å². The molecule has 3 heteroatoms. The Hall–Kier alpha value is -0.410. The number of hydrogen-bond acceptors (Lipinski definition) is 3. The Morgan fingerprint density at radius 1 is 1.36 bits per heavy atom. The van der Waals surface area contributed by atoms with Gasteiger partial charge in [-0.2, -0.15) is 0 Å². The fraction of sp³-hybridized carbons (Fsp3) is 0.364. The van der Waals surface area contributed by atoms with Gasteiger partial charge >= 0.3 is 0 Å². The van der Waals surface area contributed by atoms with E-state index in [1.54, 1.807) is 10.8 Å². The summed E-state index contributed by atoms with van der Waals surface area (Å²) in [6.07, 6.45) is 7.46. The van der Waals surface area contributed by atoms with Crippen molar-refractivity contribution in [1.82, 2.24) is 4.98 Å². The molecule has 14 heavy (non-hydrogen) atoms. The van der Waals surface area contributed by atoms with Crippen LogP contribution in [-0.2, 0) is 0 Å². The molecule has 0 radical (unpaired) electrons. The zero-order valence-electron chi connectivity index (χ0n) is 8.19. The normalized spacial score (nSPS) is 10.0. The molecule has 0 bridgehead atoms. The number of hydrogen-bond donors (Lipinski definition) is 0. The van der Waals surface area contributed by atoms with Crippen molar-refractivity contribution in [2.24, 2.45) is 0 Å². The molecule has 0 amide bonds. The summed E-state index contributed by atoms with van der Waals surface area (Å²) in [5.74, 6) is 1.19. The minimum atomic E-state index is 1.10. The molecular formula is C11H15NS2. The maximum Gasteiger partial charge on any atom is 0.106 e. The van der Waals surface area contributed by atoms with Gasteiger partial charge in [-0.05, 0) is 42.2 Å². The Balaban J connectivity index is 2.02. The minimum absolute atomic E-state index is 1.10. The second-order valence-electron chi connectivity index (χ2n) is 2.86. The Morgan fingerprint density at radius 3 is 3.00 bits per heavy atom. The van der Waals surface area contributed by atoms with Crippen LogP contribution in [0.5, 0.6) is 0 Å². The van der Waals surface area contributed by atoms with Gasteiger partial charge in [0.05, 0.1) is 0 Å². The second-order valence-corrected chi connectivity index (χ2v) is 5.29. The van der Waals surface area contributed by atoms with Gasteiger partial charge in [0.25, 0.3) is 0 Å². The predicted octanol–water partition coefficient (Wildman–Crippen LogP) is 4.18. The molecule has 0 atom stereocenters. The third-order valence-corrected chi connectivity index (χ3v) is 4.02. The molecule has 0 aliphatic heterocycles. The number of aromatic nitrogens is 1. The van der Waals surface area contributed by atoms with Gasteiger partial charge < -0.3 is 0 Å². The number of rotatable bonds is 7. The number of allylic oxidation sites excluding steroid dienone is 1. The van der Waals surface area contributed by atoms with E-state index in [9.17, 15) is 0 Å². The highest BCUT2D eigenvalue weighted by molar-refractivity contribution is 8.76. The third-order valence-electron chi connectivity index (χ3n) is 1.67.